The number of aryl methyl sites for hydroxylation is 2. The molecule has 0 unspecified atom stereocenters. The van der Waals surface area contributed by atoms with Crippen molar-refractivity contribution in [2.45, 2.75) is 33.4 Å². The van der Waals surface area contributed by atoms with Crippen LogP contribution < -0.4 is 10.9 Å². The quantitative estimate of drug-likeness (QED) is 0.722. The van der Waals surface area contributed by atoms with Crippen molar-refractivity contribution in [3.63, 3.8) is 0 Å². The number of rotatable bonds is 6. The molecule has 0 atom stereocenters. The third-order valence-electron chi connectivity index (χ3n) is 4.20. The summed E-state index contributed by atoms with van der Waals surface area (Å²) in [5.41, 5.74) is 0.626. The van der Waals surface area contributed by atoms with Crippen molar-refractivity contribution in [3.05, 3.63) is 76.0 Å². The number of nitrogens with zero attached hydrogens (tertiary/aromatic N) is 4. The summed E-state index contributed by atoms with van der Waals surface area (Å²) in [5.74, 6) is -0.259. The molecule has 0 bridgehead atoms. The van der Waals surface area contributed by atoms with E-state index in [1.807, 2.05) is 11.5 Å². The zero-order valence-electron chi connectivity index (χ0n) is 15.1. The molecule has 7 nitrogen and oxygen atoms in total. The zero-order valence-corrected chi connectivity index (χ0v) is 15.1. The Morgan fingerprint density at radius 1 is 1.22 bits per heavy atom. The van der Waals surface area contributed by atoms with Gasteiger partial charge in [0.25, 0.3) is 11.5 Å². The highest BCUT2D eigenvalue weighted by atomic mass is 19.1. The summed E-state index contributed by atoms with van der Waals surface area (Å²) >= 11 is 0. The van der Waals surface area contributed by atoms with Gasteiger partial charge in [0.05, 0.1) is 6.54 Å². The van der Waals surface area contributed by atoms with E-state index in [4.69, 9.17) is 0 Å². The lowest BCUT2D eigenvalue weighted by Gasteiger charge is -2.11. The van der Waals surface area contributed by atoms with E-state index >= 15 is 0 Å². The van der Waals surface area contributed by atoms with Crippen molar-refractivity contribution in [2.75, 3.05) is 0 Å². The van der Waals surface area contributed by atoms with Crippen molar-refractivity contribution >= 4 is 5.91 Å². The Kier molecular flexibility index (Phi) is 5.44. The lowest BCUT2D eigenvalue weighted by atomic mass is 10.1. The predicted molar refractivity (Wildman–Crippen MR) is 98.2 cm³/mol. The van der Waals surface area contributed by atoms with Crippen molar-refractivity contribution in [3.8, 4) is 5.69 Å². The van der Waals surface area contributed by atoms with E-state index in [9.17, 15) is 14.0 Å². The molecule has 1 amide bonds. The molecule has 0 aliphatic carbocycles. The van der Waals surface area contributed by atoms with Gasteiger partial charge < -0.3 is 9.88 Å². The fourth-order valence-electron chi connectivity index (χ4n) is 2.80. The molecule has 0 saturated heterocycles. The number of hydrogen-bond acceptors (Lipinski definition) is 4. The van der Waals surface area contributed by atoms with Gasteiger partial charge >= 0.3 is 0 Å². The smallest absolute Gasteiger partial charge is 0.268 e. The Hall–Kier alpha value is -3.29. The molecular formula is C19H20FN5O2. The van der Waals surface area contributed by atoms with Crippen LogP contribution in [0.15, 0.2) is 47.7 Å². The summed E-state index contributed by atoms with van der Waals surface area (Å²) in [6.07, 6.45) is 4.10. The van der Waals surface area contributed by atoms with Crippen LogP contribution in [0.1, 0.15) is 35.1 Å². The Morgan fingerprint density at radius 3 is 2.67 bits per heavy atom. The number of benzene rings is 1. The lowest BCUT2D eigenvalue weighted by molar-refractivity contribution is 0.0947. The largest absolute Gasteiger partial charge is 0.345 e. The van der Waals surface area contributed by atoms with Crippen LogP contribution in [0.2, 0.25) is 0 Å². The van der Waals surface area contributed by atoms with E-state index < -0.39 is 17.3 Å². The monoisotopic (exact) mass is 369 g/mol. The number of aromatic nitrogens is 4. The van der Waals surface area contributed by atoms with Crippen LogP contribution in [-0.4, -0.2) is 25.2 Å². The molecule has 1 aromatic carbocycles. The molecule has 0 aliphatic heterocycles. The number of pyridine rings is 1. The first kappa shape index (κ1) is 18.5. The second-order valence-electron chi connectivity index (χ2n) is 6.15. The van der Waals surface area contributed by atoms with Crippen molar-refractivity contribution in [1.82, 2.24) is 24.6 Å². The average molecular weight is 369 g/mol. The fraction of sp³-hybridized carbons (Fsp3) is 0.263. The molecule has 8 heteroatoms. The first-order valence-corrected chi connectivity index (χ1v) is 8.64. The van der Waals surface area contributed by atoms with Gasteiger partial charge in [-0.15, -0.1) is 10.2 Å². The van der Waals surface area contributed by atoms with E-state index in [0.29, 0.717) is 17.1 Å². The first-order valence-electron chi connectivity index (χ1n) is 8.64. The van der Waals surface area contributed by atoms with Crippen LogP contribution in [0.3, 0.4) is 0 Å². The van der Waals surface area contributed by atoms with Gasteiger partial charge in [0, 0.05) is 18.4 Å². The molecule has 0 saturated carbocycles. The lowest BCUT2D eigenvalue weighted by Crippen LogP contribution is -2.33. The molecule has 3 aromatic rings. The molecule has 3 rings (SSSR count). The fourth-order valence-corrected chi connectivity index (χ4v) is 2.80. The summed E-state index contributed by atoms with van der Waals surface area (Å²) in [5, 5.41) is 10.6. The molecule has 27 heavy (non-hydrogen) atoms. The van der Waals surface area contributed by atoms with Gasteiger partial charge in [0.15, 0.2) is 5.82 Å². The number of carbonyl (C=O) groups excluding carboxylic acids is 1. The second-order valence-corrected chi connectivity index (χ2v) is 6.15. The third kappa shape index (κ3) is 3.94. The van der Waals surface area contributed by atoms with Crippen LogP contribution in [0.4, 0.5) is 4.39 Å². The third-order valence-corrected chi connectivity index (χ3v) is 4.20. The highest BCUT2D eigenvalue weighted by molar-refractivity contribution is 5.95. The van der Waals surface area contributed by atoms with Crippen LogP contribution in [0.25, 0.3) is 5.69 Å². The van der Waals surface area contributed by atoms with Gasteiger partial charge in [0.2, 0.25) is 0 Å². The molecule has 0 aliphatic rings. The molecule has 0 fully saturated rings. The van der Waals surface area contributed by atoms with Gasteiger partial charge in [0.1, 0.15) is 17.7 Å². The molecule has 2 aromatic heterocycles. The van der Waals surface area contributed by atoms with E-state index in [1.165, 1.54) is 28.8 Å². The number of hydrogen-bond donors (Lipinski definition) is 1. The van der Waals surface area contributed by atoms with Gasteiger partial charge in [-0.25, -0.2) is 4.39 Å². The van der Waals surface area contributed by atoms with Crippen LogP contribution in [0.5, 0.6) is 0 Å². The Balaban J connectivity index is 1.86. The number of amides is 1. The van der Waals surface area contributed by atoms with Gasteiger partial charge in [-0.05, 0) is 49.2 Å². The summed E-state index contributed by atoms with van der Waals surface area (Å²) in [4.78, 5) is 25.5. The van der Waals surface area contributed by atoms with Crippen molar-refractivity contribution in [1.29, 1.82) is 0 Å². The van der Waals surface area contributed by atoms with Gasteiger partial charge in [-0.1, -0.05) is 6.92 Å². The Morgan fingerprint density at radius 2 is 1.96 bits per heavy atom. The van der Waals surface area contributed by atoms with Gasteiger partial charge in [-0.3, -0.25) is 14.2 Å². The van der Waals surface area contributed by atoms with Crippen molar-refractivity contribution < 1.29 is 9.18 Å². The number of nitrogens with one attached hydrogen (secondary N) is 1. The summed E-state index contributed by atoms with van der Waals surface area (Å²) in [6.45, 7) is 4.65. The minimum absolute atomic E-state index is 0.0448. The summed E-state index contributed by atoms with van der Waals surface area (Å²) in [6, 6.07) is 7.19. The molecule has 140 valence electrons. The Labute approximate surface area is 155 Å². The number of halogens is 1. The molecule has 0 radical (unpaired) electrons. The SMILES string of the molecule is CCCn1cnnc1CNC(=O)c1c(C)ccn(-c2ccc(F)cc2)c1=O. The Bertz CT molecular complexity index is 1010. The molecule has 1 N–H and O–H groups in total. The minimum Gasteiger partial charge on any atom is -0.345 e. The van der Waals surface area contributed by atoms with E-state index in [-0.39, 0.29) is 12.1 Å². The first-order chi connectivity index (χ1) is 13.0. The van der Waals surface area contributed by atoms with Crippen LogP contribution in [0, 0.1) is 12.7 Å². The van der Waals surface area contributed by atoms with E-state index in [1.54, 1.807) is 25.5 Å². The second kappa shape index (κ2) is 7.94. The van der Waals surface area contributed by atoms with E-state index in [2.05, 4.69) is 15.5 Å². The standard InChI is InChI=1S/C19H20FN5O2/c1-3-9-24-12-22-23-16(24)11-21-18(26)17-13(2)8-10-25(19(17)27)15-6-4-14(20)5-7-15/h4-8,10,12H,3,9,11H2,1-2H3,(H,21,26). The molecule has 0 spiro atoms. The maximum Gasteiger partial charge on any atom is 0.268 e. The van der Waals surface area contributed by atoms with Crippen molar-refractivity contribution in [2.24, 2.45) is 0 Å². The summed E-state index contributed by atoms with van der Waals surface area (Å²) in [7, 11) is 0. The zero-order chi connectivity index (χ0) is 19.4. The summed E-state index contributed by atoms with van der Waals surface area (Å²) < 4.78 is 16.3. The van der Waals surface area contributed by atoms with Crippen LogP contribution >= 0.6 is 0 Å². The highest BCUT2D eigenvalue weighted by Gasteiger charge is 2.17. The predicted octanol–water partition coefficient (Wildman–Crippen LogP) is 2.22. The average Bonchev–Trinajstić information content (AvgIpc) is 3.09. The van der Waals surface area contributed by atoms with Crippen LogP contribution in [-0.2, 0) is 13.1 Å². The number of carbonyl (C=O) groups is 1. The maximum absolute atomic E-state index is 13.1. The maximum atomic E-state index is 13.1. The molecular weight excluding hydrogens is 349 g/mol. The minimum atomic E-state index is -0.486. The molecule has 2 heterocycles. The normalized spacial score (nSPS) is 10.8. The van der Waals surface area contributed by atoms with Gasteiger partial charge in [-0.2, -0.15) is 0 Å². The topological polar surface area (TPSA) is 81.8 Å². The van der Waals surface area contributed by atoms with E-state index in [0.717, 1.165) is 13.0 Å². The highest BCUT2D eigenvalue weighted by Crippen LogP contribution is 2.10.